The number of aromatic nitrogens is 2. The Morgan fingerprint density at radius 3 is 3.09 bits per heavy atom. The van der Waals surface area contributed by atoms with Crippen molar-refractivity contribution in [3.63, 3.8) is 0 Å². The summed E-state index contributed by atoms with van der Waals surface area (Å²) in [7, 11) is 0. The minimum Gasteiger partial charge on any atom is -0.365 e. The highest BCUT2D eigenvalue weighted by molar-refractivity contribution is 7.98. The highest BCUT2D eigenvalue weighted by atomic mass is 32.2. The van der Waals surface area contributed by atoms with Crippen LogP contribution in [0.25, 0.3) is 0 Å². The van der Waals surface area contributed by atoms with Crippen molar-refractivity contribution in [1.29, 1.82) is 5.26 Å². The van der Waals surface area contributed by atoms with Crippen LogP contribution in [0.5, 0.6) is 0 Å². The lowest BCUT2D eigenvalue weighted by Crippen LogP contribution is -1.86. The maximum absolute atomic E-state index is 8.19. The van der Waals surface area contributed by atoms with Crippen molar-refractivity contribution in [2.24, 2.45) is 0 Å². The third-order valence-electron chi connectivity index (χ3n) is 0.876. The van der Waals surface area contributed by atoms with Gasteiger partial charge >= 0.3 is 0 Å². The van der Waals surface area contributed by atoms with Crippen LogP contribution < -0.4 is 5.73 Å². The van der Waals surface area contributed by atoms with Gasteiger partial charge in [0.15, 0.2) is 0 Å². The summed E-state index contributed by atoms with van der Waals surface area (Å²) in [5.74, 6) is 1.56. The topological polar surface area (TPSA) is 88.7 Å². The predicted molar refractivity (Wildman–Crippen MR) is 40.5 cm³/mol. The molecule has 0 unspecified atom stereocenters. The van der Waals surface area contributed by atoms with E-state index in [0.717, 1.165) is 0 Å². The second-order valence-corrected chi connectivity index (χ2v) is 2.68. The molecule has 1 aromatic rings. The molecule has 0 atom stereocenters. The lowest BCUT2D eigenvalue weighted by atomic mass is 10.8. The first kappa shape index (κ1) is 7.88. The molecule has 0 aliphatic carbocycles. The third kappa shape index (κ3) is 2.47. The number of rotatable bonds is 3. The van der Waals surface area contributed by atoms with Gasteiger partial charge in [0, 0.05) is 0 Å². The number of hydrogen-bond acceptors (Lipinski definition) is 6. The zero-order chi connectivity index (χ0) is 8.10. The summed E-state index contributed by atoms with van der Waals surface area (Å²) >= 11 is 1.41. The first-order valence-electron chi connectivity index (χ1n) is 2.85. The summed E-state index contributed by atoms with van der Waals surface area (Å²) in [6.07, 6.45) is 0. The molecule has 0 spiro atoms. The molecule has 0 saturated heterocycles. The van der Waals surface area contributed by atoms with E-state index in [4.69, 9.17) is 15.5 Å². The molecule has 1 rings (SSSR count). The predicted octanol–water partition coefficient (Wildman–Crippen LogP) is 0.409. The monoisotopic (exact) mass is 170 g/mol. The maximum atomic E-state index is 8.19. The van der Waals surface area contributed by atoms with Crippen molar-refractivity contribution in [1.82, 2.24) is 10.1 Å². The highest BCUT2D eigenvalue weighted by Crippen LogP contribution is 2.09. The van der Waals surface area contributed by atoms with Crippen molar-refractivity contribution in [2.45, 2.75) is 5.75 Å². The minimum atomic E-state index is 0.137. The van der Waals surface area contributed by atoms with Gasteiger partial charge in [-0.15, -0.1) is 11.8 Å². The van der Waals surface area contributed by atoms with Crippen LogP contribution >= 0.6 is 11.8 Å². The molecule has 5 nitrogen and oxygen atoms in total. The van der Waals surface area contributed by atoms with Gasteiger partial charge in [-0.2, -0.15) is 10.2 Å². The van der Waals surface area contributed by atoms with E-state index in [0.29, 0.717) is 17.4 Å². The molecule has 0 fully saturated rings. The Morgan fingerprint density at radius 1 is 1.73 bits per heavy atom. The Bertz CT molecular complexity index is 266. The molecule has 2 N–H and O–H groups in total. The number of nitrogens with two attached hydrogens (primary N) is 1. The largest absolute Gasteiger partial charge is 0.365 e. The number of nitrogen functional groups attached to an aromatic ring is 1. The molecular formula is C5H6N4OS. The average molecular weight is 170 g/mol. The summed E-state index contributed by atoms with van der Waals surface area (Å²) in [5, 5.41) is 11.6. The van der Waals surface area contributed by atoms with Crippen LogP contribution in [-0.4, -0.2) is 15.9 Å². The van der Waals surface area contributed by atoms with Crippen LogP contribution in [0.15, 0.2) is 4.52 Å². The number of nitriles is 1. The fourth-order valence-electron chi connectivity index (χ4n) is 0.511. The van der Waals surface area contributed by atoms with Gasteiger partial charge in [0.2, 0.25) is 5.89 Å². The minimum absolute atomic E-state index is 0.137. The quantitative estimate of drug-likeness (QED) is 0.661. The Labute approximate surface area is 67.6 Å². The van der Waals surface area contributed by atoms with Gasteiger partial charge in [0.1, 0.15) is 0 Å². The van der Waals surface area contributed by atoms with Crippen LogP contribution in [0.1, 0.15) is 5.89 Å². The van der Waals surface area contributed by atoms with Gasteiger partial charge in [-0.25, -0.2) is 0 Å². The average Bonchev–Trinajstić information content (AvgIpc) is 2.37. The van der Waals surface area contributed by atoms with E-state index in [2.05, 4.69) is 10.1 Å². The lowest BCUT2D eigenvalue weighted by Gasteiger charge is -1.86. The molecule has 1 heterocycles. The van der Waals surface area contributed by atoms with Crippen LogP contribution in [0.3, 0.4) is 0 Å². The van der Waals surface area contributed by atoms with Gasteiger partial charge in [-0.05, 0) is 5.16 Å². The van der Waals surface area contributed by atoms with E-state index in [1.807, 2.05) is 6.07 Å². The fourth-order valence-corrected chi connectivity index (χ4v) is 0.996. The van der Waals surface area contributed by atoms with Crippen molar-refractivity contribution < 1.29 is 4.52 Å². The van der Waals surface area contributed by atoms with Crippen LogP contribution in [-0.2, 0) is 5.75 Å². The summed E-state index contributed by atoms with van der Waals surface area (Å²) in [5.41, 5.74) is 5.19. The summed E-state index contributed by atoms with van der Waals surface area (Å²) in [6.45, 7) is 0. The summed E-state index contributed by atoms with van der Waals surface area (Å²) < 4.78 is 4.69. The van der Waals surface area contributed by atoms with Gasteiger partial charge in [0.05, 0.1) is 17.6 Å². The summed E-state index contributed by atoms with van der Waals surface area (Å²) in [4.78, 5) is 3.75. The maximum Gasteiger partial charge on any atom is 0.260 e. The van der Waals surface area contributed by atoms with Crippen molar-refractivity contribution in [2.75, 3.05) is 11.5 Å². The molecular weight excluding hydrogens is 164 g/mol. The smallest absolute Gasteiger partial charge is 0.260 e. The van der Waals surface area contributed by atoms with Gasteiger partial charge < -0.3 is 10.3 Å². The SMILES string of the molecule is N#CCSCc1nc(N)no1. The molecule has 0 aliphatic heterocycles. The first-order valence-corrected chi connectivity index (χ1v) is 4.01. The van der Waals surface area contributed by atoms with Crippen molar-refractivity contribution >= 4 is 17.7 Å². The highest BCUT2D eigenvalue weighted by Gasteiger charge is 2.01. The van der Waals surface area contributed by atoms with Gasteiger partial charge in [-0.3, -0.25) is 0 Å². The molecule has 11 heavy (non-hydrogen) atoms. The van der Waals surface area contributed by atoms with E-state index in [9.17, 15) is 0 Å². The number of thioether (sulfide) groups is 1. The Hall–Kier alpha value is -1.22. The number of hydrogen-bond donors (Lipinski definition) is 1. The number of anilines is 1. The molecule has 0 radical (unpaired) electrons. The number of nitrogens with zero attached hydrogens (tertiary/aromatic N) is 3. The molecule has 0 aromatic carbocycles. The molecule has 0 bridgehead atoms. The molecule has 58 valence electrons. The summed E-state index contributed by atoms with van der Waals surface area (Å²) in [6, 6.07) is 1.99. The van der Waals surface area contributed by atoms with Crippen molar-refractivity contribution in [3.05, 3.63) is 5.89 Å². The van der Waals surface area contributed by atoms with Gasteiger partial charge in [-0.1, -0.05) is 0 Å². The Kier molecular flexibility index (Phi) is 2.74. The normalized spacial score (nSPS) is 9.36. The first-order chi connectivity index (χ1) is 5.33. The van der Waals surface area contributed by atoms with E-state index < -0.39 is 0 Å². The zero-order valence-electron chi connectivity index (χ0n) is 5.65. The molecule has 6 heteroatoms. The third-order valence-corrected chi connectivity index (χ3v) is 1.66. The van der Waals surface area contributed by atoms with Crippen LogP contribution in [0, 0.1) is 11.3 Å². The molecule has 0 saturated carbocycles. The van der Waals surface area contributed by atoms with E-state index >= 15 is 0 Å². The Morgan fingerprint density at radius 2 is 2.55 bits per heavy atom. The van der Waals surface area contributed by atoms with Crippen LogP contribution in [0.4, 0.5) is 5.95 Å². The van der Waals surface area contributed by atoms with E-state index in [1.54, 1.807) is 0 Å². The van der Waals surface area contributed by atoms with Crippen LogP contribution in [0.2, 0.25) is 0 Å². The van der Waals surface area contributed by atoms with E-state index in [-0.39, 0.29) is 5.95 Å². The second kappa shape index (κ2) is 3.83. The van der Waals surface area contributed by atoms with E-state index in [1.165, 1.54) is 11.8 Å². The van der Waals surface area contributed by atoms with Crippen molar-refractivity contribution in [3.8, 4) is 6.07 Å². The Balaban J connectivity index is 2.34. The molecule has 0 aliphatic rings. The lowest BCUT2D eigenvalue weighted by molar-refractivity contribution is 0.392. The molecule has 0 amide bonds. The standard InChI is InChI=1S/C5H6N4OS/c6-1-2-11-3-4-8-5(7)9-10-4/h2-3H2,(H2,7,9). The zero-order valence-corrected chi connectivity index (χ0v) is 6.47. The fraction of sp³-hybridized carbons (Fsp3) is 0.400. The molecule has 1 aromatic heterocycles. The van der Waals surface area contributed by atoms with Gasteiger partial charge in [0.25, 0.3) is 5.95 Å². The second-order valence-electron chi connectivity index (χ2n) is 1.70.